The number of rotatable bonds is 7. The van der Waals surface area contributed by atoms with E-state index < -0.39 is 10.0 Å². The molecule has 0 amide bonds. The Labute approximate surface area is 119 Å². The molecular weight excluding hydrogens is 260 g/mol. The van der Waals surface area contributed by atoms with Gasteiger partial charge in [-0.1, -0.05) is 20.8 Å². The van der Waals surface area contributed by atoms with Crippen LogP contribution >= 0.6 is 0 Å². The molecule has 2 atom stereocenters. The lowest BCUT2D eigenvalue weighted by Crippen LogP contribution is -2.47. The molecule has 0 saturated carbocycles. The summed E-state index contributed by atoms with van der Waals surface area (Å²) in [5.74, 6) is 1.19. The molecule has 0 spiro atoms. The van der Waals surface area contributed by atoms with Gasteiger partial charge in [0, 0.05) is 19.1 Å². The second-order valence-electron chi connectivity index (χ2n) is 6.11. The Morgan fingerprint density at radius 3 is 2.58 bits per heavy atom. The molecule has 1 aliphatic rings. The van der Waals surface area contributed by atoms with Gasteiger partial charge in [0.15, 0.2) is 0 Å². The van der Waals surface area contributed by atoms with E-state index >= 15 is 0 Å². The molecule has 114 valence electrons. The molecule has 0 radical (unpaired) electrons. The lowest BCUT2D eigenvalue weighted by Gasteiger charge is -2.35. The third-order valence-corrected chi connectivity index (χ3v) is 5.87. The number of nitrogens with one attached hydrogen (secondary N) is 1. The standard InChI is InChI=1S/C14H30N2O2S/c1-5-15-13(4)14-7-6-9-16(11-14)19(17,18)10-8-12(2)3/h12-15H,5-11H2,1-4H3. The van der Waals surface area contributed by atoms with Crippen molar-refractivity contribution in [1.29, 1.82) is 0 Å². The highest BCUT2D eigenvalue weighted by molar-refractivity contribution is 7.89. The van der Waals surface area contributed by atoms with Crippen LogP contribution in [0.5, 0.6) is 0 Å². The zero-order chi connectivity index (χ0) is 14.5. The highest BCUT2D eigenvalue weighted by atomic mass is 32.2. The molecule has 0 aromatic heterocycles. The van der Waals surface area contributed by atoms with E-state index in [-0.39, 0.29) is 0 Å². The first-order valence-corrected chi connectivity index (χ1v) is 9.19. The van der Waals surface area contributed by atoms with Crippen molar-refractivity contribution in [3.63, 3.8) is 0 Å². The van der Waals surface area contributed by atoms with Crippen LogP contribution < -0.4 is 5.32 Å². The third-order valence-electron chi connectivity index (χ3n) is 4.00. The SMILES string of the molecule is CCNC(C)C1CCCN(S(=O)(=O)CCC(C)C)C1. The average molecular weight is 290 g/mol. The maximum atomic E-state index is 12.3. The molecule has 0 aromatic rings. The van der Waals surface area contributed by atoms with Gasteiger partial charge in [-0.25, -0.2) is 12.7 Å². The van der Waals surface area contributed by atoms with Gasteiger partial charge in [0.2, 0.25) is 10.0 Å². The van der Waals surface area contributed by atoms with Crippen molar-refractivity contribution in [3.8, 4) is 0 Å². The zero-order valence-corrected chi connectivity index (χ0v) is 13.7. The summed E-state index contributed by atoms with van der Waals surface area (Å²) < 4.78 is 26.4. The molecule has 0 aromatic carbocycles. The van der Waals surface area contributed by atoms with Crippen LogP contribution in [0.1, 0.15) is 47.0 Å². The summed E-state index contributed by atoms with van der Waals surface area (Å²) in [6, 6.07) is 0.396. The fraction of sp³-hybridized carbons (Fsp3) is 1.00. The van der Waals surface area contributed by atoms with E-state index in [1.54, 1.807) is 4.31 Å². The van der Waals surface area contributed by atoms with Gasteiger partial charge in [0.1, 0.15) is 0 Å². The van der Waals surface area contributed by atoms with Crippen LogP contribution in [-0.2, 0) is 10.0 Å². The molecule has 1 N–H and O–H groups in total. The quantitative estimate of drug-likeness (QED) is 0.781. The third kappa shape index (κ3) is 5.40. The highest BCUT2D eigenvalue weighted by Crippen LogP contribution is 2.23. The average Bonchev–Trinajstić information content (AvgIpc) is 2.37. The molecule has 19 heavy (non-hydrogen) atoms. The second kappa shape index (κ2) is 7.60. The predicted molar refractivity (Wildman–Crippen MR) is 80.7 cm³/mol. The van der Waals surface area contributed by atoms with Gasteiger partial charge < -0.3 is 5.32 Å². The summed E-state index contributed by atoms with van der Waals surface area (Å²) >= 11 is 0. The molecule has 1 saturated heterocycles. The van der Waals surface area contributed by atoms with Crippen LogP contribution in [0, 0.1) is 11.8 Å². The topological polar surface area (TPSA) is 49.4 Å². The molecule has 1 aliphatic heterocycles. The van der Waals surface area contributed by atoms with Crippen LogP contribution in [-0.4, -0.2) is 44.2 Å². The Balaban J connectivity index is 2.58. The Morgan fingerprint density at radius 2 is 2.00 bits per heavy atom. The number of hydrogen-bond donors (Lipinski definition) is 1. The summed E-state index contributed by atoms with van der Waals surface area (Å²) in [5, 5.41) is 3.42. The first-order chi connectivity index (χ1) is 8.86. The number of piperidine rings is 1. The molecule has 2 unspecified atom stereocenters. The van der Waals surface area contributed by atoms with Crippen molar-refractivity contribution in [2.24, 2.45) is 11.8 Å². The molecule has 0 aliphatic carbocycles. The molecular formula is C14H30N2O2S. The Bertz CT molecular complexity index is 354. The molecule has 0 bridgehead atoms. The van der Waals surface area contributed by atoms with E-state index in [2.05, 4.69) is 33.0 Å². The van der Waals surface area contributed by atoms with Crippen molar-refractivity contribution < 1.29 is 8.42 Å². The second-order valence-corrected chi connectivity index (χ2v) is 8.19. The van der Waals surface area contributed by atoms with Crippen molar-refractivity contribution in [2.75, 3.05) is 25.4 Å². The normalized spacial score (nSPS) is 23.7. The summed E-state index contributed by atoms with van der Waals surface area (Å²) in [7, 11) is -3.05. The first-order valence-electron chi connectivity index (χ1n) is 7.58. The van der Waals surface area contributed by atoms with Gasteiger partial charge >= 0.3 is 0 Å². The minimum atomic E-state index is -3.05. The van der Waals surface area contributed by atoms with Crippen molar-refractivity contribution in [3.05, 3.63) is 0 Å². The molecule has 1 heterocycles. The van der Waals surface area contributed by atoms with Crippen molar-refractivity contribution >= 4 is 10.0 Å². The van der Waals surface area contributed by atoms with E-state index in [1.807, 2.05) is 0 Å². The fourth-order valence-electron chi connectivity index (χ4n) is 2.64. The largest absolute Gasteiger partial charge is 0.314 e. The van der Waals surface area contributed by atoms with Crippen LogP contribution in [0.25, 0.3) is 0 Å². The van der Waals surface area contributed by atoms with Crippen LogP contribution in [0.3, 0.4) is 0 Å². The summed E-state index contributed by atoms with van der Waals surface area (Å²) in [6.45, 7) is 10.7. The molecule has 4 nitrogen and oxygen atoms in total. The van der Waals surface area contributed by atoms with E-state index in [4.69, 9.17) is 0 Å². The lowest BCUT2D eigenvalue weighted by atomic mass is 9.93. The monoisotopic (exact) mass is 290 g/mol. The highest BCUT2D eigenvalue weighted by Gasteiger charge is 2.30. The van der Waals surface area contributed by atoms with Gasteiger partial charge in [-0.3, -0.25) is 0 Å². The zero-order valence-electron chi connectivity index (χ0n) is 12.9. The Hall–Kier alpha value is -0.130. The Morgan fingerprint density at radius 1 is 1.32 bits per heavy atom. The Kier molecular flexibility index (Phi) is 6.77. The van der Waals surface area contributed by atoms with Crippen molar-refractivity contribution in [1.82, 2.24) is 9.62 Å². The predicted octanol–water partition coefficient (Wildman–Crippen LogP) is 2.07. The lowest BCUT2D eigenvalue weighted by molar-refractivity contribution is 0.225. The maximum absolute atomic E-state index is 12.3. The number of hydrogen-bond acceptors (Lipinski definition) is 3. The summed E-state index contributed by atoms with van der Waals surface area (Å²) in [4.78, 5) is 0. The van der Waals surface area contributed by atoms with Gasteiger partial charge in [0.05, 0.1) is 5.75 Å². The van der Waals surface area contributed by atoms with Crippen LogP contribution in [0.15, 0.2) is 0 Å². The van der Waals surface area contributed by atoms with Gasteiger partial charge in [-0.15, -0.1) is 0 Å². The fourth-order valence-corrected chi connectivity index (χ4v) is 4.49. The molecule has 5 heteroatoms. The molecule has 1 fully saturated rings. The van der Waals surface area contributed by atoms with Gasteiger partial charge in [0.25, 0.3) is 0 Å². The summed E-state index contributed by atoms with van der Waals surface area (Å²) in [5.41, 5.74) is 0. The minimum absolute atomic E-state index is 0.299. The minimum Gasteiger partial charge on any atom is -0.314 e. The van der Waals surface area contributed by atoms with Gasteiger partial charge in [-0.05, 0) is 44.6 Å². The number of sulfonamides is 1. The van der Waals surface area contributed by atoms with Gasteiger partial charge in [-0.2, -0.15) is 0 Å². The van der Waals surface area contributed by atoms with Crippen LogP contribution in [0.4, 0.5) is 0 Å². The summed E-state index contributed by atoms with van der Waals surface area (Å²) in [6.07, 6.45) is 2.87. The van der Waals surface area contributed by atoms with E-state index in [9.17, 15) is 8.42 Å². The smallest absolute Gasteiger partial charge is 0.214 e. The van der Waals surface area contributed by atoms with E-state index in [0.29, 0.717) is 36.7 Å². The van der Waals surface area contributed by atoms with E-state index in [0.717, 1.165) is 25.8 Å². The van der Waals surface area contributed by atoms with Crippen molar-refractivity contribution in [2.45, 2.75) is 53.0 Å². The van der Waals surface area contributed by atoms with Crippen LogP contribution in [0.2, 0.25) is 0 Å². The molecule has 1 rings (SSSR count). The maximum Gasteiger partial charge on any atom is 0.214 e. The van der Waals surface area contributed by atoms with E-state index in [1.165, 1.54) is 0 Å². The number of nitrogens with zero attached hydrogens (tertiary/aromatic N) is 1. The first kappa shape index (κ1) is 16.9.